The minimum Gasteiger partial charge on any atom is -0.457 e. The second-order valence-electron chi connectivity index (χ2n) is 3.97. The van der Waals surface area contributed by atoms with E-state index in [0.29, 0.717) is 0 Å². The quantitative estimate of drug-likeness (QED) is 0.545. The van der Waals surface area contributed by atoms with E-state index in [0.717, 1.165) is 0 Å². The maximum Gasteiger partial charge on any atom is 0.338 e. The highest BCUT2D eigenvalue weighted by molar-refractivity contribution is 9.09. The Bertz CT molecular complexity index is 318. The number of fused-ring (bicyclic) bond motifs is 2. The molecular weight excluding hydrogens is 268 g/mol. The van der Waals surface area contributed by atoms with E-state index < -0.39 is 29.7 Å². The van der Waals surface area contributed by atoms with Crippen LogP contribution in [0.25, 0.3) is 0 Å². The van der Waals surface area contributed by atoms with Gasteiger partial charge in [0, 0.05) is 19.8 Å². The Morgan fingerprint density at radius 1 is 1.67 bits per heavy atom. The highest BCUT2D eigenvalue weighted by atomic mass is 79.9. The smallest absolute Gasteiger partial charge is 0.338 e. The van der Waals surface area contributed by atoms with Crippen molar-refractivity contribution >= 4 is 27.9 Å². The van der Waals surface area contributed by atoms with Gasteiger partial charge >= 0.3 is 11.9 Å². The monoisotopic (exact) mass is 278 g/mol. The summed E-state index contributed by atoms with van der Waals surface area (Å²) in [5, 5.41) is 9.87. The Hall–Kier alpha value is -0.620. The van der Waals surface area contributed by atoms with Gasteiger partial charge in [0.25, 0.3) is 0 Å². The van der Waals surface area contributed by atoms with Crippen LogP contribution in [0.2, 0.25) is 0 Å². The van der Waals surface area contributed by atoms with Gasteiger partial charge in [-0.15, -0.1) is 0 Å². The van der Waals surface area contributed by atoms with E-state index in [1.54, 1.807) is 0 Å². The van der Waals surface area contributed by atoms with Crippen molar-refractivity contribution in [2.75, 3.05) is 0 Å². The summed E-state index contributed by atoms with van der Waals surface area (Å²) >= 11 is 3.30. The van der Waals surface area contributed by atoms with Crippen molar-refractivity contribution in [1.29, 1.82) is 0 Å². The second kappa shape index (κ2) is 3.45. The number of aliphatic hydroxyl groups is 1. The number of alkyl halides is 1. The summed E-state index contributed by atoms with van der Waals surface area (Å²) in [5.41, 5.74) is -1.41. The Labute approximate surface area is 94.9 Å². The molecule has 0 radical (unpaired) electrons. The van der Waals surface area contributed by atoms with Gasteiger partial charge in [-0.05, 0) is 0 Å². The third-order valence-electron chi connectivity index (χ3n) is 2.73. The number of hydrogen-bond donors (Lipinski definition) is 1. The highest BCUT2D eigenvalue weighted by Crippen LogP contribution is 2.42. The Kier molecular flexibility index (Phi) is 2.50. The van der Waals surface area contributed by atoms with Gasteiger partial charge in [-0.2, -0.15) is 0 Å². The minimum absolute atomic E-state index is 0.200. The normalized spacial score (nSPS) is 43.7. The number of ether oxygens (including phenoxy) is 2. The zero-order valence-electron chi connectivity index (χ0n) is 8.10. The van der Waals surface area contributed by atoms with Crippen LogP contribution >= 0.6 is 15.9 Å². The molecule has 2 aliphatic rings. The summed E-state index contributed by atoms with van der Waals surface area (Å²) < 4.78 is 10.0. The summed E-state index contributed by atoms with van der Waals surface area (Å²) in [4.78, 5) is 21.9. The van der Waals surface area contributed by atoms with E-state index in [-0.39, 0.29) is 17.7 Å². The molecule has 84 valence electrons. The first kappa shape index (κ1) is 10.9. The maximum absolute atomic E-state index is 11.3. The molecule has 0 amide bonds. The zero-order chi connectivity index (χ0) is 11.2. The summed E-state index contributed by atoms with van der Waals surface area (Å²) in [7, 11) is 0. The molecule has 1 heterocycles. The van der Waals surface area contributed by atoms with E-state index in [9.17, 15) is 14.7 Å². The molecule has 0 aromatic rings. The maximum atomic E-state index is 11.3. The van der Waals surface area contributed by atoms with Crippen LogP contribution in [0.15, 0.2) is 0 Å². The Morgan fingerprint density at radius 2 is 2.33 bits per heavy atom. The largest absolute Gasteiger partial charge is 0.457 e. The lowest BCUT2D eigenvalue weighted by atomic mass is 9.84. The van der Waals surface area contributed by atoms with Gasteiger partial charge in [0.05, 0.1) is 4.83 Å². The van der Waals surface area contributed by atoms with Crippen molar-refractivity contribution in [3.8, 4) is 0 Å². The van der Waals surface area contributed by atoms with Crippen molar-refractivity contribution in [2.45, 2.75) is 42.4 Å². The molecule has 15 heavy (non-hydrogen) atoms. The van der Waals surface area contributed by atoms with E-state index >= 15 is 0 Å². The zero-order valence-corrected chi connectivity index (χ0v) is 9.69. The van der Waals surface area contributed by atoms with Crippen LogP contribution in [0.3, 0.4) is 0 Å². The first-order valence-corrected chi connectivity index (χ1v) is 5.59. The SMILES string of the molecule is CC(=O)OC1[C@@H](Br)C[C@]2(O)C[C@H]1OC2=O. The molecule has 0 aromatic heterocycles. The number of rotatable bonds is 1. The van der Waals surface area contributed by atoms with Crippen molar-refractivity contribution < 1.29 is 24.2 Å². The molecule has 1 saturated carbocycles. The summed E-state index contributed by atoms with van der Waals surface area (Å²) in [6.45, 7) is 1.30. The van der Waals surface area contributed by atoms with E-state index in [1.165, 1.54) is 6.92 Å². The average Bonchev–Trinajstić information content (AvgIpc) is 2.33. The third-order valence-corrected chi connectivity index (χ3v) is 3.58. The van der Waals surface area contributed by atoms with Crippen LogP contribution in [0.4, 0.5) is 0 Å². The molecule has 0 aromatic carbocycles. The number of esters is 2. The lowest BCUT2D eigenvalue weighted by molar-refractivity contribution is -0.159. The van der Waals surface area contributed by atoms with Crippen molar-refractivity contribution in [3.63, 3.8) is 0 Å². The molecule has 2 rings (SSSR count). The fourth-order valence-corrected chi connectivity index (χ4v) is 3.05. The van der Waals surface area contributed by atoms with Crippen LogP contribution in [0, 0.1) is 0 Å². The highest BCUT2D eigenvalue weighted by Gasteiger charge is 2.58. The molecule has 2 bridgehead atoms. The molecule has 5 nitrogen and oxygen atoms in total. The van der Waals surface area contributed by atoms with Gasteiger partial charge in [-0.1, -0.05) is 15.9 Å². The van der Waals surface area contributed by atoms with Crippen LogP contribution in [-0.4, -0.2) is 39.7 Å². The van der Waals surface area contributed by atoms with Crippen molar-refractivity contribution in [2.24, 2.45) is 0 Å². The standard InChI is InChI=1S/C9H11BrO5/c1-4(11)14-7-5(10)2-9(13)3-6(7)15-8(9)12/h5-7,13H,2-3H2,1H3/t5-,6+,7?,9-/m0/s1. The first-order chi connectivity index (χ1) is 6.92. The molecule has 0 spiro atoms. The summed E-state index contributed by atoms with van der Waals surface area (Å²) in [6.07, 6.45) is -0.634. The molecule has 4 atom stereocenters. The lowest BCUT2D eigenvalue weighted by Gasteiger charge is -2.32. The lowest BCUT2D eigenvalue weighted by Crippen LogP contribution is -2.47. The van der Waals surface area contributed by atoms with Gasteiger partial charge in [0.15, 0.2) is 11.7 Å². The Balaban J connectivity index is 2.17. The predicted molar refractivity (Wildman–Crippen MR) is 52.3 cm³/mol. The number of hydrogen-bond acceptors (Lipinski definition) is 5. The van der Waals surface area contributed by atoms with Gasteiger partial charge in [-0.25, -0.2) is 4.79 Å². The summed E-state index contributed by atoms with van der Waals surface area (Å²) in [6, 6.07) is 0. The van der Waals surface area contributed by atoms with Gasteiger partial charge < -0.3 is 14.6 Å². The number of halogens is 1. The van der Waals surface area contributed by atoms with Crippen molar-refractivity contribution in [3.05, 3.63) is 0 Å². The van der Waals surface area contributed by atoms with E-state index in [2.05, 4.69) is 15.9 Å². The Morgan fingerprint density at radius 3 is 2.93 bits per heavy atom. The number of carbonyl (C=O) groups excluding carboxylic acids is 2. The molecule has 1 unspecified atom stereocenters. The van der Waals surface area contributed by atoms with Gasteiger partial charge in [0.1, 0.15) is 6.10 Å². The molecule has 1 N–H and O–H groups in total. The summed E-state index contributed by atoms with van der Waals surface area (Å²) in [5.74, 6) is -1.04. The number of carbonyl (C=O) groups is 2. The predicted octanol–water partition coefficient (Wildman–Crippen LogP) is 0.132. The topological polar surface area (TPSA) is 72.8 Å². The van der Waals surface area contributed by atoms with E-state index in [4.69, 9.17) is 9.47 Å². The van der Waals surface area contributed by atoms with Crippen molar-refractivity contribution in [1.82, 2.24) is 0 Å². The fourth-order valence-electron chi connectivity index (χ4n) is 2.07. The van der Waals surface area contributed by atoms with Gasteiger partial charge in [0.2, 0.25) is 0 Å². The van der Waals surface area contributed by atoms with Crippen LogP contribution in [0.1, 0.15) is 19.8 Å². The third kappa shape index (κ3) is 1.76. The fraction of sp³-hybridized carbons (Fsp3) is 0.778. The molecule has 2 fully saturated rings. The molecule has 1 aliphatic heterocycles. The average molecular weight is 279 g/mol. The van der Waals surface area contributed by atoms with Gasteiger partial charge in [-0.3, -0.25) is 4.79 Å². The van der Waals surface area contributed by atoms with Crippen LogP contribution in [0.5, 0.6) is 0 Å². The molecule has 1 saturated heterocycles. The molecular formula is C9H11BrO5. The molecule has 6 heteroatoms. The van der Waals surface area contributed by atoms with Crippen LogP contribution in [-0.2, 0) is 19.1 Å². The van der Waals surface area contributed by atoms with Crippen LogP contribution < -0.4 is 0 Å². The minimum atomic E-state index is -1.41. The molecule has 1 aliphatic carbocycles. The first-order valence-electron chi connectivity index (χ1n) is 4.67. The second-order valence-corrected chi connectivity index (χ2v) is 5.15. The van der Waals surface area contributed by atoms with E-state index in [1.807, 2.05) is 0 Å².